The topological polar surface area (TPSA) is 109 Å². The van der Waals surface area contributed by atoms with Crippen molar-refractivity contribution < 1.29 is 32.4 Å². The molecule has 1 aromatic carbocycles. The lowest BCUT2D eigenvalue weighted by atomic mass is 10.0. The van der Waals surface area contributed by atoms with Gasteiger partial charge in [0, 0.05) is 6.54 Å². The molecule has 1 unspecified atom stereocenters. The first-order valence-corrected chi connectivity index (χ1v) is 8.20. The maximum Gasteiger partial charge on any atom is 0.458 e. The van der Waals surface area contributed by atoms with E-state index in [1.165, 1.54) is 6.07 Å². The molecule has 3 rings (SSSR count). The van der Waals surface area contributed by atoms with Gasteiger partial charge in [0.05, 0.1) is 12.1 Å². The quantitative estimate of drug-likeness (QED) is 0.734. The highest BCUT2D eigenvalue weighted by Crippen LogP contribution is 2.38. The Morgan fingerprint density at radius 3 is 2.71 bits per heavy atom. The molecule has 1 atom stereocenters. The number of anilines is 1. The lowest BCUT2D eigenvalue weighted by molar-refractivity contribution is -0.355. The average molecular weight is 398 g/mol. The van der Waals surface area contributed by atoms with Gasteiger partial charge in [-0.05, 0) is 31.0 Å². The summed E-state index contributed by atoms with van der Waals surface area (Å²) in [7, 11) is 0. The number of halogens is 3. The molecule has 28 heavy (non-hydrogen) atoms. The maximum absolute atomic E-state index is 12.8. The van der Waals surface area contributed by atoms with Gasteiger partial charge in [0.1, 0.15) is 11.4 Å². The third kappa shape index (κ3) is 3.93. The normalized spacial score (nSPS) is 19.1. The number of nitrogens with zero attached hydrogens (tertiary/aromatic N) is 2. The molecule has 0 radical (unpaired) electrons. The predicted octanol–water partition coefficient (Wildman–Crippen LogP) is 2.99. The van der Waals surface area contributed by atoms with E-state index in [9.17, 15) is 23.1 Å². The Hall–Kier alpha value is -3.08. The molecule has 2 amide bonds. The van der Waals surface area contributed by atoms with Gasteiger partial charge in [-0.3, -0.25) is 0 Å². The number of nitrogens with one attached hydrogen (secondary N) is 2. The van der Waals surface area contributed by atoms with Crippen LogP contribution in [0.4, 0.5) is 23.7 Å². The SMILES string of the molecule is Cc1noc(C)c1NC(=O)NCc1cccc(C2=NOC(O)(C(F)(F)F)C2)c1. The smallest absolute Gasteiger partial charge is 0.359 e. The number of rotatable bonds is 4. The van der Waals surface area contributed by atoms with Gasteiger partial charge in [-0.25, -0.2) is 4.79 Å². The van der Waals surface area contributed by atoms with E-state index in [0.29, 0.717) is 28.3 Å². The first kappa shape index (κ1) is 19.7. The van der Waals surface area contributed by atoms with Crippen molar-refractivity contribution in [1.29, 1.82) is 0 Å². The zero-order valence-electron chi connectivity index (χ0n) is 14.9. The number of oxime groups is 1. The van der Waals surface area contributed by atoms with E-state index < -0.39 is 24.4 Å². The monoisotopic (exact) mass is 398 g/mol. The summed E-state index contributed by atoms with van der Waals surface area (Å²) in [5.41, 5.74) is 1.94. The van der Waals surface area contributed by atoms with Crippen molar-refractivity contribution in [1.82, 2.24) is 10.5 Å². The molecule has 1 aliphatic rings. The minimum absolute atomic E-state index is 0.0400. The van der Waals surface area contributed by atoms with Crippen LogP contribution in [0.5, 0.6) is 0 Å². The number of hydrogen-bond donors (Lipinski definition) is 3. The van der Waals surface area contributed by atoms with Gasteiger partial charge < -0.3 is 25.1 Å². The Labute approximate surface area is 157 Å². The van der Waals surface area contributed by atoms with Crippen LogP contribution in [-0.2, 0) is 11.4 Å². The van der Waals surface area contributed by atoms with E-state index in [1.807, 2.05) is 0 Å². The van der Waals surface area contributed by atoms with Crippen molar-refractivity contribution in [2.75, 3.05) is 5.32 Å². The molecule has 0 saturated carbocycles. The van der Waals surface area contributed by atoms with E-state index in [2.05, 4.69) is 25.8 Å². The summed E-state index contributed by atoms with van der Waals surface area (Å²) in [6, 6.07) is 5.89. The Balaban J connectivity index is 1.62. The van der Waals surface area contributed by atoms with Gasteiger partial charge in [0.15, 0.2) is 5.76 Å². The van der Waals surface area contributed by atoms with Crippen molar-refractivity contribution in [2.24, 2.45) is 5.16 Å². The highest BCUT2D eigenvalue weighted by atomic mass is 19.4. The van der Waals surface area contributed by atoms with E-state index in [0.717, 1.165) is 0 Å². The molecule has 0 saturated heterocycles. The van der Waals surface area contributed by atoms with Crippen LogP contribution in [-0.4, -0.2) is 34.0 Å². The molecule has 0 fully saturated rings. The van der Waals surface area contributed by atoms with Crippen molar-refractivity contribution in [3.8, 4) is 0 Å². The van der Waals surface area contributed by atoms with Gasteiger partial charge in [0.25, 0.3) is 0 Å². The number of aryl methyl sites for hydroxylation is 2. The summed E-state index contributed by atoms with van der Waals surface area (Å²) >= 11 is 0. The zero-order chi connectivity index (χ0) is 20.5. The average Bonchev–Trinajstić information content (AvgIpc) is 3.19. The highest BCUT2D eigenvalue weighted by molar-refractivity contribution is 6.01. The third-order valence-corrected chi connectivity index (χ3v) is 4.14. The molecular formula is C17H17F3N4O4. The minimum Gasteiger partial charge on any atom is -0.359 e. The molecule has 2 heterocycles. The van der Waals surface area contributed by atoms with Gasteiger partial charge in [-0.2, -0.15) is 13.2 Å². The molecular weight excluding hydrogens is 381 g/mol. The van der Waals surface area contributed by atoms with Crippen LogP contribution in [0.2, 0.25) is 0 Å². The van der Waals surface area contributed by atoms with Crippen LogP contribution in [0.25, 0.3) is 0 Å². The summed E-state index contributed by atoms with van der Waals surface area (Å²) in [6.45, 7) is 3.45. The first-order valence-electron chi connectivity index (χ1n) is 8.20. The summed E-state index contributed by atoms with van der Waals surface area (Å²) in [4.78, 5) is 16.2. The van der Waals surface area contributed by atoms with Crippen molar-refractivity contribution >= 4 is 17.4 Å². The Morgan fingerprint density at radius 2 is 2.11 bits per heavy atom. The van der Waals surface area contributed by atoms with Crippen LogP contribution in [0.15, 0.2) is 33.9 Å². The second-order valence-electron chi connectivity index (χ2n) is 6.30. The molecule has 150 valence electrons. The van der Waals surface area contributed by atoms with Crippen LogP contribution in [0, 0.1) is 13.8 Å². The van der Waals surface area contributed by atoms with E-state index in [-0.39, 0.29) is 12.3 Å². The summed E-state index contributed by atoms with van der Waals surface area (Å²) in [5, 5.41) is 21.9. The van der Waals surface area contributed by atoms with Gasteiger partial charge in [0.2, 0.25) is 0 Å². The van der Waals surface area contributed by atoms with Crippen molar-refractivity contribution in [2.45, 2.75) is 38.8 Å². The zero-order valence-corrected chi connectivity index (χ0v) is 14.9. The molecule has 2 aromatic rings. The van der Waals surface area contributed by atoms with Crippen LogP contribution >= 0.6 is 0 Å². The largest absolute Gasteiger partial charge is 0.458 e. The number of aromatic nitrogens is 1. The molecule has 0 aliphatic carbocycles. The molecule has 0 bridgehead atoms. The van der Waals surface area contributed by atoms with Crippen LogP contribution in [0.3, 0.4) is 0 Å². The first-order chi connectivity index (χ1) is 13.1. The van der Waals surface area contributed by atoms with Gasteiger partial charge in [-0.15, -0.1) is 0 Å². The fourth-order valence-corrected chi connectivity index (χ4v) is 2.59. The number of benzene rings is 1. The summed E-state index contributed by atoms with van der Waals surface area (Å²) < 4.78 is 43.4. The molecule has 1 aliphatic heterocycles. The second kappa shape index (κ2) is 7.15. The molecule has 8 nitrogen and oxygen atoms in total. The Morgan fingerprint density at radius 1 is 1.36 bits per heavy atom. The lowest BCUT2D eigenvalue weighted by Gasteiger charge is -2.22. The minimum atomic E-state index is -4.96. The number of urea groups is 1. The third-order valence-electron chi connectivity index (χ3n) is 4.14. The number of alkyl halides is 3. The molecule has 11 heteroatoms. The van der Waals surface area contributed by atoms with Crippen molar-refractivity contribution in [3.05, 3.63) is 46.8 Å². The Bertz CT molecular complexity index is 906. The Kier molecular flexibility index (Phi) is 5.02. The fraction of sp³-hybridized carbons (Fsp3) is 0.353. The second-order valence-corrected chi connectivity index (χ2v) is 6.30. The number of carbonyl (C=O) groups is 1. The molecule has 1 aromatic heterocycles. The van der Waals surface area contributed by atoms with E-state index in [1.54, 1.807) is 32.0 Å². The standard InChI is InChI=1S/C17H17F3N4O4/c1-9-14(10(2)27-23-9)22-15(25)21-8-11-4-3-5-12(6-11)13-7-16(26,28-24-13)17(18,19)20/h3-6,26H,7-8H2,1-2H3,(H2,21,22,25). The number of carbonyl (C=O) groups excluding carboxylic acids is 1. The van der Waals surface area contributed by atoms with Crippen molar-refractivity contribution in [3.63, 3.8) is 0 Å². The fourth-order valence-electron chi connectivity index (χ4n) is 2.59. The highest BCUT2D eigenvalue weighted by Gasteiger charge is 2.60. The number of aliphatic hydroxyl groups is 1. The maximum atomic E-state index is 12.8. The van der Waals surface area contributed by atoms with Gasteiger partial charge in [-0.1, -0.05) is 28.5 Å². The molecule has 3 N–H and O–H groups in total. The van der Waals surface area contributed by atoms with Crippen LogP contribution in [0.1, 0.15) is 29.0 Å². The van der Waals surface area contributed by atoms with E-state index in [4.69, 9.17) is 4.52 Å². The molecule has 0 spiro atoms. The lowest BCUT2D eigenvalue weighted by Crippen LogP contribution is -2.45. The van der Waals surface area contributed by atoms with Gasteiger partial charge >= 0.3 is 18.0 Å². The summed E-state index contributed by atoms with van der Waals surface area (Å²) in [5.74, 6) is -2.86. The van der Waals surface area contributed by atoms with Crippen LogP contribution < -0.4 is 10.6 Å². The predicted molar refractivity (Wildman–Crippen MR) is 91.5 cm³/mol. The summed E-state index contributed by atoms with van der Waals surface area (Å²) in [6.07, 6.45) is -5.78. The van der Waals surface area contributed by atoms with E-state index >= 15 is 0 Å². The number of amides is 2. The number of hydrogen-bond acceptors (Lipinski definition) is 6.